The Morgan fingerprint density at radius 2 is 2.14 bits per heavy atom. The highest BCUT2D eigenvalue weighted by atomic mass is 35.5. The number of hydrogen-bond acceptors (Lipinski definition) is 3. The van der Waals surface area contributed by atoms with E-state index in [1.54, 1.807) is 4.68 Å². The molecule has 1 amide bonds. The van der Waals surface area contributed by atoms with Crippen molar-refractivity contribution in [3.05, 3.63) is 47.8 Å². The number of halogens is 1. The van der Waals surface area contributed by atoms with Crippen LogP contribution in [0.5, 0.6) is 0 Å². The molecule has 1 atom stereocenters. The van der Waals surface area contributed by atoms with Crippen LogP contribution in [0.15, 0.2) is 36.4 Å². The van der Waals surface area contributed by atoms with Crippen molar-refractivity contribution >= 4 is 18.3 Å². The summed E-state index contributed by atoms with van der Waals surface area (Å²) in [6, 6.07) is 11.9. The van der Waals surface area contributed by atoms with Gasteiger partial charge in [-0.1, -0.05) is 18.2 Å². The lowest BCUT2D eigenvalue weighted by Gasteiger charge is -2.23. The Morgan fingerprint density at radius 1 is 1.36 bits per heavy atom. The van der Waals surface area contributed by atoms with Gasteiger partial charge in [0.25, 0.3) is 5.91 Å². The van der Waals surface area contributed by atoms with Gasteiger partial charge in [-0.2, -0.15) is 5.10 Å². The van der Waals surface area contributed by atoms with E-state index in [0.29, 0.717) is 5.69 Å². The van der Waals surface area contributed by atoms with Gasteiger partial charge in [0.15, 0.2) is 5.69 Å². The maximum absolute atomic E-state index is 12.3. The molecule has 3 rings (SSSR count). The number of aromatic nitrogens is 2. The number of amides is 1. The Kier molecular flexibility index (Phi) is 5.57. The van der Waals surface area contributed by atoms with Crippen LogP contribution in [0.2, 0.25) is 0 Å². The quantitative estimate of drug-likeness (QED) is 0.910. The maximum Gasteiger partial charge on any atom is 0.272 e. The molecular formula is C16H21ClN4O. The van der Waals surface area contributed by atoms with E-state index in [-0.39, 0.29) is 24.4 Å². The summed E-state index contributed by atoms with van der Waals surface area (Å²) in [6.07, 6.45) is 2.12. The van der Waals surface area contributed by atoms with Gasteiger partial charge in [-0.25, -0.2) is 4.68 Å². The highest BCUT2D eigenvalue weighted by molar-refractivity contribution is 5.92. The van der Waals surface area contributed by atoms with Crippen LogP contribution < -0.4 is 10.6 Å². The van der Waals surface area contributed by atoms with Gasteiger partial charge in [0, 0.05) is 18.3 Å². The van der Waals surface area contributed by atoms with Crippen LogP contribution in [-0.4, -0.2) is 34.8 Å². The number of carbonyl (C=O) groups is 1. The number of aryl methyl sites for hydroxylation is 1. The first-order chi connectivity index (χ1) is 10.2. The fourth-order valence-corrected chi connectivity index (χ4v) is 2.65. The van der Waals surface area contributed by atoms with E-state index in [0.717, 1.165) is 37.3 Å². The third-order valence-electron chi connectivity index (χ3n) is 3.75. The van der Waals surface area contributed by atoms with Gasteiger partial charge < -0.3 is 10.6 Å². The molecule has 1 aromatic carbocycles. The third-order valence-corrected chi connectivity index (χ3v) is 3.75. The summed E-state index contributed by atoms with van der Waals surface area (Å²) >= 11 is 0. The maximum atomic E-state index is 12.3. The van der Waals surface area contributed by atoms with Gasteiger partial charge in [0.1, 0.15) is 0 Å². The average molecular weight is 321 g/mol. The summed E-state index contributed by atoms with van der Waals surface area (Å²) in [4.78, 5) is 12.3. The minimum Gasteiger partial charge on any atom is -0.347 e. The minimum atomic E-state index is -0.0959. The van der Waals surface area contributed by atoms with Crippen molar-refractivity contribution in [1.82, 2.24) is 20.4 Å². The molecule has 2 aromatic rings. The normalized spacial score (nSPS) is 17.6. The molecular weight excluding hydrogens is 300 g/mol. The fourth-order valence-electron chi connectivity index (χ4n) is 2.65. The first-order valence-corrected chi connectivity index (χ1v) is 7.38. The van der Waals surface area contributed by atoms with Crippen molar-refractivity contribution in [2.75, 3.05) is 13.1 Å². The van der Waals surface area contributed by atoms with Crippen molar-refractivity contribution in [1.29, 1.82) is 0 Å². The molecule has 2 heterocycles. The van der Waals surface area contributed by atoms with Gasteiger partial charge in [0.05, 0.1) is 5.69 Å². The van der Waals surface area contributed by atoms with Crippen molar-refractivity contribution in [2.24, 2.45) is 0 Å². The lowest BCUT2D eigenvalue weighted by Crippen LogP contribution is -2.45. The number of benzene rings is 1. The molecule has 0 aliphatic carbocycles. The van der Waals surface area contributed by atoms with Crippen LogP contribution >= 0.6 is 12.4 Å². The van der Waals surface area contributed by atoms with Gasteiger partial charge >= 0.3 is 0 Å². The second-order valence-electron chi connectivity index (χ2n) is 5.44. The Hall–Kier alpha value is -1.85. The Bertz CT molecular complexity index is 620. The predicted octanol–water partition coefficient (Wildman–Crippen LogP) is 2.08. The van der Waals surface area contributed by atoms with Gasteiger partial charge in [0.2, 0.25) is 0 Å². The zero-order chi connectivity index (χ0) is 14.7. The van der Waals surface area contributed by atoms with Crippen LogP contribution in [-0.2, 0) is 0 Å². The summed E-state index contributed by atoms with van der Waals surface area (Å²) in [5.74, 6) is -0.0959. The molecule has 0 spiro atoms. The lowest BCUT2D eigenvalue weighted by atomic mass is 10.1. The minimum absolute atomic E-state index is 0. The molecule has 0 saturated carbocycles. The molecule has 118 valence electrons. The lowest BCUT2D eigenvalue weighted by molar-refractivity contribution is 0.0925. The van der Waals surface area contributed by atoms with Crippen molar-refractivity contribution in [2.45, 2.75) is 25.8 Å². The molecule has 1 saturated heterocycles. The molecule has 1 aliphatic heterocycles. The molecule has 1 unspecified atom stereocenters. The molecule has 1 aliphatic rings. The molecule has 22 heavy (non-hydrogen) atoms. The summed E-state index contributed by atoms with van der Waals surface area (Å²) in [6.45, 7) is 3.83. The second-order valence-corrected chi connectivity index (χ2v) is 5.44. The zero-order valence-corrected chi connectivity index (χ0v) is 13.4. The highest BCUT2D eigenvalue weighted by Crippen LogP contribution is 2.12. The summed E-state index contributed by atoms with van der Waals surface area (Å²) < 4.78 is 1.80. The number of carbonyl (C=O) groups excluding carboxylic acids is 1. The number of piperidine rings is 1. The van der Waals surface area contributed by atoms with Gasteiger partial charge in [-0.05, 0) is 44.5 Å². The van der Waals surface area contributed by atoms with Crippen LogP contribution in [0.3, 0.4) is 0 Å². The summed E-state index contributed by atoms with van der Waals surface area (Å²) in [5, 5.41) is 10.8. The van der Waals surface area contributed by atoms with Crippen LogP contribution in [0.4, 0.5) is 0 Å². The Balaban J connectivity index is 0.00000176. The second kappa shape index (κ2) is 7.42. The van der Waals surface area contributed by atoms with Crippen molar-refractivity contribution in [3.63, 3.8) is 0 Å². The summed E-state index contributed by atoms with van der Waals surface area (Å²) in [7, 11) is 0. The van der Waals surface area contributed by atoms with Gasteiger partial charge in [-0.15, -0.1) is 12.4 Å². The van der Waals surface area contributed by atoms with E-state index in [2.05, 4.69) is 15.7 Å². The molecule has 0 radical (unpaired) electrons. The topological polar surface area (TPSA) is 59.0 Å². The first kappa shape index (κ1) is 16.5. The van der Waals surface area contributed by atoms with E-state index in [1.807, 2.05) is 43.3 Å². The average Bonchev–Trinajstić information content (AvgIpc) is 2.91. The Labute approximate surface area is 136 Å². The molecule has 6 heteroatoms. The van der Waals surface area contributed by atoms with E-state index >= 15 is 0 Å². The molecule has 2 N–H and O–H groups in total. The van der Waals surface area contributed by atoms with Crippen molar-refractivity contribution in [3.8, 4) is 5.69 Å². The van der Waals surface area contributed by atoms with Crippen LogP contribution in [0.25, 0.3) is 5.69 Å². The number of rotatable bonds is 3. The van der Waals surface area contributed by atoms with E-state index in [9.17, 15) is 4.79 Å². The predicted molar refractivity (Wildman–Crippen MR) is 88.9 cm³/mol. The van der Waals surface area contributed by atoms with E-state index < -0.39 is 0 Å². The molecule has 1 fully saturated rings. The van der Waals surface area contributed by atoms with Crippen molar-refractivity contribution < 1.29 is 4.79 Å². The van der Waals surface area contributed by atoms with Gasteiger partial charge in [-0.3, -0.25) is 4.79 Å². The molecule has 5 nitrogen and oxygen atoms in total. The zero-order valence-electron chi connectivity index (χ0n) is 12.6. The molecule has 0 bridgehead atoms. The standard InChI is InChI=1S/C16H20N4O.ClH/c1-12-10-15(16(21)18-13-6-5-9-17-11-13)19-20(12)14-7-3-2-4-8-14;/h2-4,7-8,10,13,17H,5-6,9,11H2,1H3,(H,18,21);1H. The van der Waals surface area contributed by atoms with Crippen LogP contribution in [0.1, 0.15) is 29.0 Å². The van der Waals surface area contributed by atoms with E-state index in [1.165, 1.54) is 0 Å². The fraction of sp³-hybridized carbons (Fsp3) is 0.375. The first-order valence-electron chi connectivity index (χ1n) is 7.38. The smallest absolute Gasteiger partial charge is 0.272 e. The largest absolute Gasteiger partial charge is 0.347 e. The third kappa shape index (κ3) is 3.67. The summed E-state index contributed by atoms with van der Waals surface area (Å²) in [5.41, 5.74) is 2.39. The molecule has 1 aromatic heterocycles. The number of hydrogen-bond donors (Lipinski definition) is 2. The SMILES string of the molecule is Cc1cc(C(=O)NC2CCCNC2)nn1-c1ccccc1.Cl. The monoisotopic (exact) mass is 320 g/mol. The highest BCUT2D eigenvalue weighted by Gasteiger charge is 2.19. The van der Waals surface area contributed by atoms with E-state index in [4.69, 9.17) is 0 Å². The Morgan fingerprint density at radius 3 is 2.82 bits per heavy atom. The number of para-hydroxylation sites is 1. The number of nitrogens with one attached hydrogen (secondary N) is 2. The van der Waals surface area contributed by atoms with Crippen LogP contribution in [0, 0.1) is 6.92 Å². The number of nitrogens with zero attached hydrogens (tertiary/aromatic N) is 2.